The largest absolute Gasteiger partial charge is 0.364 e. The highest BCUT2D eigenvalue weighted by Crippen LogP contribution is 2.31. The zero-order valence-corrected chi connectivity index (χ0v) is 18.4. The van der Waals surface area contributed by atoms with E-state index >= 15 is 0 Å². The first-order valence-electron chi connectivity index (χ1n) is 11.0. The summed E-state index contributed by atoms with van der Waals surface area (Å²) in [5, 5.41) is 18.2. The highest BCUT2D eigenvalue weighted by atomic mass is 19.1. The molecule has 4 heterocycles. The van der Waals surface area contributed by atoms with Crippen LogP contribution in [-0.4, -0.2) is 37.5 Å². The summed E-state index contributed by atoms with van der Waals surface area (Å²) in [5.41, 5.74) is 1.89. The summed E-state index contributed by atoms with van der Waals surface area (Å²) in [6.45, 7) is 2.65. The summed E-state index contributed by atoms with van der Waals surface area (Å²) in [6.07, 6.45) is 4.26. The maximum Gasteiger partial charge on any atom is 0.184 e. The molecule has 1 fully saturated rings. The lowest BCUT2D eigenvalue weighted by molar-refractivity contribution is 0.388. The molecule has 1 saturated heterocycles. The highest BCUT2D eigenvalue weighted by Gasteiger charge is 2.31. The third kappa shape index (κ3) is 4.01. The number of halogens is 2. The van der Waals surface area contributed by atoms with Crippen molar-refractivity contribution < 1.29 is 13.3 Å². The average Bonchev–Trinajstić information content (AvgIpc) is 3.51. The van der Waals surface area contributed by atoms with Gasteiger partial charge >= 0.3 is 0 Å². The molecule has 34 heavy (non-hydrogen) atoms. The van der Waals surface area contributed by atoms with Crippen LogP contribution >= 0.6 is 0 Å². The topological polar surface area (TPSA) is 96.7 Å². The number of hydrogen-bond acceptors (Lipinski definition) is 7. The summed E-state index contributed by atoms with van der Waals surface area (Å²) in [5.74, 6) is -0.582. The maximum atomic E-state index is 14.8. The van der Waals surface area contributed by atoms with Crippen LogP contribution in [0.2, 0.25) is 0 Å². The van der Waals surface area contributed by atoms with Gasteiger partial charge in [-0.25, -0.2) is 18.7 Å². The van der Waals surface area contributed by atoms with E-state index in [0.29, 0.717) is 29.2 Å². The van der Waals surface area contributed by atoms with Gasteiger partial charge in [-0.2, -0.15) is 10.4 Å². The Hall–Kier alpha value is -4.13. The number of piperidine rings is 1. The first-order chi connectivity index (χ1) is 16.5. The molecule has 0 bridgehead atoms. The summed E-state index contributed by atoms with van der Waals surface area (Å²) < 4.78 is 35.7. The standard InChI is InChI=1S/C24H21F2N7O/c1-15-5-4-9-32(22(15)12-27)24-18(26)13-28-23(29-24)20-11-21(19-8-10-34-31-19)33(30-20)14-16-6-2-3-7-17(16)25/h2-3,6-8,10-11,13,15,22H,4-5,9,14H2,1H3/t15-,22-/m1/s1. The highest BCUT2D eigenvalue weighted by molar-refractivity contribution is 5.63. The van der Waals surface area contributed by atoms with Crippen molar-refractivity contribution in [1.82, 2.24) is 24.9 Å². The molecule has 0 N–H and O–H groups in total. The Morgan fingerprint density at radius 2 is 2.03 bits per heavy atom. The Morgan fingerprint density at radius 3 is 2.79 bits per heavy atom. The minimum Gasteiger partial charge on any atom is -0.364 e. The second-order valence-electron chi connectivity index (χ2n) is 8.30. The fourth-order valence-electron chi connectivity index (χ4n) is 4.29. The number of anilines is 1. The molecule has 1 aliphatic heterocycles. The van der Waals surface area contributed by atoms with Crippen LogP contribution < -0.4 is 4.90 Å². The molecule has 3 aromatic heterocycles. The molecule has 2 atom stereocenters. The van der Waals surface area contributed by atoms with Gasteiger partial charge in [-0.3, -0.25) is 4.68 Å². The molecule has 0 amide bonds. The van der Waals surface area contributed by atoms with E-state index in [4.69, 9.17) is 4.52 Å². The molecule has 0 unspecified atom stereocenters. The summed E-state index contributed by atoms with van der Waals surface area (Å²) in [6, 6.07) is 11.6. The Balaban J connectivity index is 1.56. The Bertz CT molecular complexity index is 1350. The van der Waals surface area contributed by atoms with E-state index in [2.05, 4.69) is 26.3 Å². The summed E-state index contributed by atoms with van der Waals surface area (Å²) in [4.78, 5) is 10.3. The number of hydrogen-bond donors (Lipinski definition) is 0. The van der Waals surface area contributed by atoms with Crippen LogP contribution in [0.15, 0.2) is 53.4 Å². The number of nitrogens with zero attached hydrogens (tertiary/aromatic N) is 7. The molecule has 0 aliphatic carbocycles. The predicted molar refractivity (Wildman–Crippen MR) is 119 cm³/mol. The van der Waals surface area contributed by atoms with Crippen molar-refractivity contribution in [2.45, 2.75) is 32.4 Å². The molecule has 1 aliphatic rings. The van der Waals surface area contributed by atoms with E-state index in [1.807, 2.05) is 6.92 Å². The van der Waals surface area contributed by atoms with Gasteiger partial charge in [0.1, 0.15) is 29.5 Å². The fraction of sp³-hybridized carbons (Fsp3) is 0.292. The Kier molecular flexibility index (Phi) is 5.76. The van der Waals surface area contributed by atoms with E-state index in [1.165, 1.54) is 12.3 Å². The van der Waals surface area contributed by atoms with Gasteiger partial charge in [-0.05, 0) is 30.9 Å². The first-order valence-corrected chi connectivity index (χ1v) is 11.0. The minimum atomic E-state index is -0.597. The van der Waals surface area contributed by atoms with Crippen LogP contribution in [0.5, 0.6) is 0 Å². The van der Waals surface area contributed by atoms with Gasteiger partial charge in [0.05, 0.1) is 24.5 Å². The molecule has 0 spiro atoms. The lowest BCUT2D eigenvalue weighted by Gasteiger charge is -2.36. The fourth-order valence-corrected chi connectivity index (χ4v) is 4.29. The van der Waals surface area contributed by atoms with Crippen molar-refractivity contribution in [3.8, 4) is 29.0 Å². The monoisotopic (exact) mass is 461 g/mol. The quantitative estimate of drug-likeness (QED) is 0.433. The van der Waals surface area contributed by atoms with Gasteiger partial charge in [0, 0.05) is 18.2 Å². The SMILES string of the molecule is C[C@@H]1CCCN(c2nc(-c3cc(-c4ccon4)n(Cc4ccccc4F)n3)ncc2F)[C@@H]1C#N. The van der Waals surface area contributed by atoms with Crippen LogP contribution in [-0.2, 0) is 6.54 Å². The lowest BCUT2D eigenvalue weighted by Crippen LogP contribution is -2.44. The van der Waals surface area contributed by atoms with Crippen LogP contribution in [0.1, 0.15) is 25.3 Å². The van der Waals surface area contributed by atoms with Crippen molar-refractivity contribution in [2.75, 3.05) is 11.4 Å². The van der Waals surface area contributed by atoms with E-state index in [1.54, 1.807) is 39.9 Å². The molecular weight excluding hydrogens is 440 g/mol. The molecule has 4 aromatic rings. The third-order valence-electron chi connectivity index (χ3n) is 6.05. The van der Waals surface area contributed by atoms with Gasteiger partial charge in [0.15, 0.2) is 17.5 Å². The zero-order valence-electron chi connectivity index (χ0n) is 18.4. The minimum absolute atomic E-state index is 0.0785. The number of rotatable bonds is 5. The number of aromatic nitrogens is 5. The third-order valence-corrected chi connectivity index (χ3v) is 6.05. The first kappa shape index (κ1) is 21.7. The number of benzene rings is 1. The van der Waals surface area contributed by atoms with Gasteiger partial charge in [0.2, 0.25) is 0 Å². The van der Waals surface area contributed by atoms with Gasteiger partial charge in [-0.1, -0.05) is 30.3 Å². The molecular formula is C24H21F2N7O. The molecule has 5 rings (SSSR count). The molecule has 8 nitrogen and oxygen atoms in total. The van der Waals surface area contributed by atoms with Crippen LogP contribution in [0.3, 0.4) is 0 Å². The molecule has 172 valence electrons. The summed E-state index contributed by atoms with van der Waals surface area (Å²) in [7, 11) is 0. The van der Waals surface area contributed by atoms with Gasteiger partial charge in [-0.15, -0.1) is 0 Å². The van der Waals surface area contributed by atoms with Crippen molar-refractivity contribution in [3.63, 3.8) is 0 Å². The van der Waals surface area contributed by atoms with Gasteiger partial charge < -0.3 is 9.42 Å². The van der Waals surface area contributed by atoms with Crippen LogP contribution in [0, 0.1) is 28.9 Å². The zero-order chi connectivity index (χ0) is 23.7. The summed E-state index contributed by atoms with van der Waals surface area (Å²) >= 11 is 0. The molecule has 0 radical (unpaired) electrons. The van der Waals surface area contributed by atoms with Crippen molar-refractivity contribution in [3.05, 3.63) is 66.1 Å². The van der Waals surface area contributed by atoms with E-state index < -0.39 is 11.9 Å². The van der Waals surface area contributed by atoms with Crippen LogP contribution in [0.25, 0.3) is 22.9 Å². The number of nitriles is 1. The van der Waals surface area contributed by atoms with E-state index in [9.17, 15) is 14.0 Å². The predicted octanol–water partition coefficient (Wildman–Crippen LogP) is 4.45. The molecule has 10 heteroatoms. The smallest absolute Gasteiger partial charge is 0.184 e. The van der Waals surface area contributed by atoms with Crippen molar-refractivity contribution in [2.24, 2.45) is 5.92 Å². The maximum absolute atomic E-state index is 14.8. The second kappa shape index (κ2) is 9.02. The van der Waals surface area contributed by atoms with Gasteiger partial charge in [0.25, 0.3) is 0 Å². The van der Waals surface area contributed by atoms with Crippen molar-refractivity contribution in [1.29, 1.82) is 5.26 Å². The lowest BCUT2D eigenvalue weighted by atomic mass is 9.92. The van der Waals surface area contributed by atoms with Crippen LogP contribution in [0.4, 0.5) is 14.6 Å². The van der Waals surface area contributed by atoms with Crippen molar-refractivity contribution >= 4 is 5.82 Å². The second-order valence-corrected chi connectivity index (χ2v) is 8.30. The molecule has 0 saturated carbocycles. The normalized spacial score (nSPS) is 18.1. The van der Waals surface area contributed by atoms with E-state index in [0.717, 1.165) is 19.0 Å². The average molecular weight is 461 g/mol. The molecule has 1 aromatic carbocycles. The van der Waals surface area contributed by atoms with E-state index in [-0.39, 0.29) is 29.9 Å². The Labute approximate surface area is 194 Å². The Morgan fingerprint density at radius 1 is 1.18 bits per heavy atom.